The van der Waals surface area contributed by atoms with Crippen LogP contribution in [-0.4, -0.2) is 24.1 Å². The summed E-state index contributed by atoms with van der Waals surface area (Å²) in [4.78, 5) is 7.10. The van der Waals surface area contributed by atoms with E-state index in [1.165, 1.54) is 19.3 Å². The maximum Gasteiger partial charge on any atom is 0.131 e. The predicted molar refractivity (Wildman–Crippen MR) is 69.1 cm³/mol. The van der Waals surface area contributed by atoms with Crippen LogP contribution in [0, 0.1) is 0 Å². The summed E-state index contributed by atoms with van der Waals surface area (Å²) in [7, 11) is 0. The summed E-state index contributed by atoms with van der Waals surface area (Å²) in [6.45, 7) is 6.36. The topological polar surface area (TPSA) is 28.2 Å². The molecule has 3 heteroatoms. The molecule has 0 radical (unpaired) electrons. The van der Waals surface area contributed by atoms with Crippen LogP contribution >= 0.6 is 0 Å². The molecule has 1 aliphatic rings. The highest BCUT2D eigenvalue weighted by atomic mass is 15.2. The van der Waals surface area contributed by atoms with E-state index in [1.807, 2.05) is 6.07 Å². The van der Waals surface area contributed by atoms with Gasteiger partial charge in [0.15, 0.2) is 0 Å². The SMILES string of the molecule is CCCN(c1cccc(NCC)n1)C1CC1. The van der Waals surface area contributed by atoms with Crippen molar-refractivity contribution in [2.75, 3.05) is 23.3 Å². The van der Waals surface area contributed by atoms with Gasteiger partial charge < -0.3 is 10.2 Å². The van der Waals surface area contributed by atoms with E-state index in [2.05, 4.69) is 41.2 Å². The van der Waals surface area contributed by atoms with Crippen molar-refractivity contribution in [2.24, 2.45) is 0 Å². The number of pyridine rings is 1. The molecule has 1 aromatic heterocycles. The summed E-state index contributed by atoms with van der Waals surface area (Å²) in [5.41, 5.74) is 0. The molecule has 1 aliphatic carbocycles. The first-order valence-corrected chi connectivity index (χ1v) is 6.32. The highest BCUT2D eigenvalue weighted by Crippen LogP contribution is 2.31. The zero-order valence-corrected chi connectivity index (χ0v) is 10.2. The van der Waals surface area contributed by atoms with E-state index in [1.54, 1.807) is 0 Å². The maximum atomic E-state index is 4.66. The lowest BCUT2D eigenvalue weighted by Crippen LogP contribution is -2.27. The van der Waals surface area contributed by atoms with Crippen LogP contribution in [0.4, 0.5) is 11.6 Å². The Morgan fingerprint density at radius 2 is 2.19 bits per heavy atom. The molecule has 0 bridgehead atoms. The van der Waals surface area contributed by atoms with Crippen LogP contribution in [0.1, 0.15) is 33.1 Å². The van der Waals surface area contributed by atoms with Gasteiger partial charge in [-0.05, 0) is 38.3 Å². The number of rotatable bonds is 6. The molecule has 88 valence electrons. The molecule has 1 aromatic rings. The van der Waals surface area contributed by atoms with Gasteiger partial charge in [-0.1, -0.05) is 13.0 Å². The van der Waals surface area contributed by atoms with Crippen LogP contribution in [0.3, 0.4) is 0 Å². The molecule has 0 unspecified atom stereocenters. The highest BCUT2D eigenvalue weighted by Gasteiger charge is 2.29. The lowest BCUT2D eigenvalue weighted by Gasteiger charge is -2.23. The van der Waals surface area contributed by atoms with Crippen LogP contribution in [0.2, 0.25) is 0 Å². The molecule has 0 spiro atoms. The Balaban J connectivity index is 2.12. The first-order chi connectivity index (χ1) is 7.85. The van der Waals surface area contributed by atoms with Gasteiger partial charge in [0.1, 0.15) is 11.6 Å². The quantitative estimate of drug-likeness (QED) is 0.797. The molecular formula is C13H21N3. The third kappa shape index (κ3) is 2.65. The van der Waals surface area contributed by atoms with Gasteiger partial charge >= 0.3 is 0 Å². The summed E-state index contributed by atoms with van der Waals surface area (Å²) >= 11 is 0. The average molecular weight is 219 g/mol. The Labute approximate surface area is 97.9 Å². The van der Waals surface area contributed by atoms with Crippen molar-refractivity contribution >= 4 is 11.6 Å². The molecule has 0 aliphatic heterocycles. The molecule has 0 atom stereocenters. The second-order valence-corrected chi connectivity index (χ2v) is 4.34. The fourth-order valence-electron chi connectivity index (χ4n) is 1.97. The third-order valence-corrected chi connectivity index (χ3v) is 2.84. The zero-order valence-electron chi connectivity index (χ0n) is 10.2. The van der Waals surface area contributed by atoms with Gasteiger partial charge in [0.2, 0.25) is 0 Å². The fourth-order valence-corrected chi connectivity index (χ4v) is 1.97. The molecule has 0 aromatic carbocycles. The zero-order chi connectivity index (χ0) is 11.4. The number of aromatic nitrogens is 1. The van der Waals surface area contributed by atoms with Crippen LogP contribution in [-0.2, 0) is 0 Å². The van der Waals surface area contributed by atoms with Crippen molar-refractivity contribution in [2.45, 2.75) is 39.2 Å². The Bertz CT molecular complexity index is 334. The van der Waals surface area contributed by atoms with Gasteiger partial charge in [-0.3, -0.25) is 0 Å². The summed E-state index contributed by atoms with van der Waals surface area (Å²) in [6.07, 6.45) is 3.84. The van der Waals surface area contributed by atoms with E-state index in [0.717, 1.165) is 30.8 Å². The number of nitrogens with one attached hydrogen (secondary N) is 1. The van der Waals surface area contributed by atoms with Gasteiger partial charge in [-0.15, -0.1) is 0 Å². The Kier molecular flexibility index (Phi) is 3.65. The van der Waals surface area contributed by atoms with Crippen molar-refractivity contribution in [3.05, 3.63) is 18.2 Å². The van der Waals surface area contributed by atoms with E-state index >= 15 is 0 Å². The van der Waals surface area contributed by atoms with Crippen molar-refractivity contribution < 1.29 is 0 Å². The van der Waals surface area contributed by atoms with Crippen molar-refractivity contribution in [1.29, 1.82) is 0 Å². The van der Waals surface area contributed by atoms with Gasteiger partial charge in [-0.25, -0.2) is 4.98 Å². The molecule has 3 nitrogen and oxygen atoms in total. The van der Waals surface area contributed by atoms with E-state index in [4.69, 9.17) is 0 Å². The minimum absolute atomic E-state index is 0.740. The van der Waals surface area contributed by atoms with Crippen molar-refractivity contribution in [3.63, 3.8) is 0 Å². The largest absolute Gasteiger partial charge is 0.370 e. The summed E-state index contributed by atoms with van der Waals surface area (Å²) in [5.74, 6) is 2.12. The number of hydrogen-bond donors (Lipinski definition) is 1. The average Bonchev–Trinajstić information content (AvgIpc) is 3.11. The van der Waals surface area contributed by atoms with E-state index in [0.29, 0.717) is 0 Å². The first-order valence-electron chi connectivity index (χ1n) is 6.32. The van der Waals surface area contributed by atoms with E-state index in [9.17, 15) is 0 Å². The molecule has 1 N–H and O–H groups in total. The minimum Gasteiger partial charge on any atom is -0.370 e. The minimum atomic E-state index is 0.740. The second kappa shape index (κ2) is 5.19. The third-order valence-electron chi connectivity index (χ3n) is 2.84. The lowest BCUT2D eigenvalue weighted by molar-refractivity contribution is 0.751. The Morgan fingerprint density at radius 3 is 2.81 bits per heavy atom. The van der Waals surface area contributed by atoms with Crippen LogP contribution in [0.25, 0.3) is 0 Å². The van der Waals surface area contributed by atoms with Gasteiger partial charge in [0.05, 0.1) is 0 Å². The van der Waals surface area contributed by atoms with E-state index < -0.39 is 0 Å². The van der Waals surface area contributed by atoms with E-state index in [-0.39, 0.29) is 0 Å². The standard InChI is InChI=1S/C13H21N3/c1-3-10-16(11-8-9-11)13-7-5-6-12(15-13)14-4-2/h5-7,11H,3-4,8-10H2,1-2H3,(H,14,15). The Hall–Kier alpha value is -1.25. The summed E-state index contributed by atoms with van der Waals surface area (Å²) < 4.78 is 0. The predicted octanol–water partition coefficient (Wildman–Crippen LogP) is 2.89. The first kappa shape index (κ1) is 11.2. The molecule has 0 saturated heterocycles. The molecule has 1 fully saturated rings. The maximum absolute atomic E-state index is 4.66. The van der Waals surface area contributed by atoms with Gasteiger partial charge in [-0.2, -0.15) is 0 Å². The van der Waals surface area contributed by atoms with Crippen LogP contribution in [0.15, 0.2) is 18.2 Å². The van der Waals surface area contributed by atoms with Crippen molar-refractivity contribution in [3.8, 4) is 0 Å². The van der Waals surface area contributed by atoms with Crippen LogP contribution < -0.4 is 10.2 Å². The highest BCUT2D eigenvalue weighted by molar-refractivity contribution is 5.48. The fraction of sp³-hybridized carbons (Fsp3) is 0.615. The number of hydrogen-bond acceptors (Lipinski definition) is 3. The van der Waals surface area contributed by atoms with Crippen molar-refractivity contribution in [1.82, 2.24) is 4.98 Å². The molecule has 0 amide bonds. The molecular weight excluding hydrogens is 198 g/mol. The smallest absolute Gasteiger partial charge is 0.131 e. The normalized spacial score (nSPS) is 14.9. The Morgan fingerprint density at radius 1 is 1.38 bits per heavy atom. The summed E-state index contributed by atoms with van der Waals surface area (Å²) in [5, 5.41) is 3.27. The van der Waals surface area contributed by atoms with Gasteiger partial charge in [0, 0.05) is 19.1 Å². The van der Waals surface area contributed by atoms with Crippen LogP contribution in [0.5, 0.6) is 0 Å². The number of nitrogens with zero attached hydrogens (tertiary/aromatic N) is 2. The lowest BCUT2D eigenvalue weighted by atomic mass is 10.3. The molecule has 2 rings (SSSR count). The number of anilines is 2. The monoisotopic (exact) mass is 219 g/mol. The van der Waals surface area contributed by atoms with Gasteiger partial charge in [0.25, 0.3) is 0 Å². The second-order valence-electron chi connectivity index (χ2n) is 4.34. The molecule has 1 heterocycles. The molecule has 1 saturated carbocycles. The summed E-state index contributed by atoms with van der Waals surface area (Å²) in [6, 6.07) is 6.98. The molecule has 16 heavy (non-hydrogen) atoms.